The Balaban J connectivity index is 1.59. The maximum Gasteiger partial charge on any atom is 0.261 e. The van der Waals surface area contributed by atoms with Gasteiger partial charge in [-0.15, -0.1) is 10.2 Å². The minimum atomic E-state index is -3.89. The van der Waals surface area contributed by atoms with Gasteiger partial charge in [-0.25, -0.2) is 12.8 Å². The number of hydrogen-bond acceptors (Lipinski definition) is 5. The van der Waals surface area contributed by atoms with Crippen molar-refractivity contribution in [1.82, 2.24) is 14.6 Å². The Morgan fingerprint density at radius 3 is 2.36 bits per heavy atom. The predicted molar refractivity (Wildman–Crippen MR) is 137 cm³/mol. The molecule has 182 valence electrons. The van der Waals surface area contributed by atoms with E-state index in [0.29, 0.717) is 33.4 Å². The van der Waals surface area contributed by atoms with Crippen molar-refractivity contribution in [3.8, 4) is 22.6 Å². The first-order valence-electron chi connectivity index (χ1n) is 10.6. The van der Waals surface area contributed by atoms with Crippen molar-refractivity contribution in [3.05, 3.63) is 101 Å². The summed E-state index contributed by atoms with van der Waals surface area (Å²) in [5.41, 5.74) is 2.10. The summed E-state index contributed by atoms with van der Waals surface area (Å²) in [4.78, 5) is 0.0542. The lowest BCUT2D eigenvalue weighted by molar-refractivity contribution is 0.444. The third-order valence-electron chi connectivity index (χ3n) is 5.35. The Morgan fingerprint density at radius 1 is 0.889 bits per heavy atom. The molecule has 0 aliphatic rings. The number of ether oxygens (including phenoxy) is 1. The van der Waals surface area contributed by atoms with Crippen LogP contribution in [0.15, 0.2) is 83.9 Å². The van der Waals surface area contributed by atoms with Crippen LogP contribution < -0.4 is 9.46 Å². The Bertz CT molecular complexity index is 1710. The summed E-state index contributed by atoms with van der Waals surface area (Å²) in [5.74, 6) is 0.302. The summed E-state index contributed by atoms with van der Waals surface area (Å²) < 4.78 is 50.6. The number of nitrogens with zero attached hydrogens (tertiary/aromatic N) is 3. The van der Waals surface area contributed by atoms with Crippen molar-refractivity contribution in [3.63, 3.8) is 0 Å². The molecule has 0 saturated carbocycles. The first-order valence-corrected chi connectivity index (χ1v) is 12.8. The quantitative estimate of drug-likeness (QED) is 0.256. The fourth-order valence-corrected chi connectivity index (χ4v) is 4.91. The molecule has 2 aromatic heterocycles. The lowest BCUT2D eigenvalue weighted by atomic mass is 10.1. The van der Waals surface area contributed by atoms with E-state index >= 15 is 0 Å². The monoisotopic (exact) mass is 542 g/mol. The van der Waals surface area contributed by atoms with Crippen LogP contribution in [0.4, 0.5) is 10.1 Å². The first-order chi connectivity index (χ1) is 17.2. The van der Waals surface area contributed by atoms with Crippen molar-refractivity contribution in [2.75, 3.05) is 4.72 Å². The Morgan fingerprint density at radius 2 is 1.61 bits per heavy atom. The van der Waals surface area contributed by atoms with Gasteiger partial charge in [0.05, 0.1) is 4.90 Å². The Hall–Kier alpha value is -3.66. The minimum absolute atomic E-state index is 0.0308. The second-order valence-electron chi connectivity index (χ2n) is 7.84. The Labute approximate surface area is 216 Å². The molecule has 5 rings (SSSR count). The molecule has 0 aliphatic carbocycles. The number of rotatable bonds is 6. The molecule has 0 radical (unpaired) electrons. The number of aromatic nitrogens is 3. The third-order valence-corrected chi connectivity index (χ3v) is 7.24. The minimum Gasteiger partial charge on any atom is -0.454 e. The summed E-state index contributed by atoms with van der Waals surface area (Å²) in [7, 11) is -3.89. The topological polar surface area (TPSA) is 85.6 Å². The van der Waals surface area contributed by atoms with Crippen LogP contribution in [-0.2, 0) is 10.0 Å². The SMILES string of the molecule is Cc1nnc2ccc(-c3cc(NS(=O)(=O)c4ccc(Cl)cc4)ccc3Oc3ccc(Cl)cc3F)cn12. The highest BCUT2D eigenvalue weighted by atomic mass is 35.5. The second kappa shape index (κ2) is 9.42. The summed E-state index contributed by atoms with van der Waals surface area (Å²) in [5, 5.41) is 8.81. The number of nitrogens with one attached hydrogen (secondary N) is 1. The standard InChI is InChI=1S/C25H17Cl2FN4O3S/c1-15-29-30-25-11-2-16(14-32(15)25)21-13-19(31-36(33,34)20-7-3-17(26)4-8-20)6-10-23(21)35-24-9-5-18(27)12-22(24)28/h2-14,31H,1H3. The van der Waals surface area contributed by atoms with Gasteiger partial charge in [0.15, 0.2) is 17.2 Å². The summed E-state index contributed by atoms with van der Waals surface area (Å²) >= 11 is 11.7. The van der Waals surface area contributed by atoms with E-state index in [-0.39, 0.29) is 21.4 Å². The first kappa shape index (κ1) is 24.1. The molecule has 5 aromatic rings. The number of sulfonamides is 1. The largest absolute Gasteiger partial charge is 0.454 e. The molecule has 0 spiro atoms. The van der Waals surface area contributed by atoms with Crippen LogP contribution in [0, 0.1) is 12.7 Å². The molecule has 0 saturated heterocycles. The predicted octanol–water partition coefficient (Wildman–Crippen LogP) is 6.74. The zero-order chi connectivity index (χ0) is 25.4. The van der Waals surface area contributed by atoms with Crippen LogP contribution in [0.3, 0.4) is 0 Å². The van der Waals surface area contributed by atoms with Crippen molar-refractivity contribution in [2.24, 2.45) is 0 Å². The molecular formula is C25H17Cl2FN4O3S. The lowest BCUT2D eigenvalue weighted by Crippen LogP contribution is -2.13. The highest BCUT2D eigenvalue weighted by Gasteiger charge is 2.18. The maximum atomic E-state index is 14.5. The van der Waals surface area contributed by atoms with Crippen LogP contribution in [0.1, 0.15) is 5.82 Å². The van der Waals surface area contributed by atoms with Crippen molar-refractivity contribution < 1.29 is 17.5 Å². The number of fused-ring (bicyclic) bond motifs is 1. The van der Waals surface area contributed by atoms with Crippen molar-refractivity contribution >= 4 is 44.6 Å². The van der Waals surface area contributed by atoms with Crippen molar-refractivity contribution in [2.45, 2.75) is 11.8 Å². The molecule has 0 aliphatic heterocycles. The lowest BCUT2D eigenvalue weighted by Gasteiger charge is -2.15. The highest BCUT2D eigenvalue weighted by molar-refractivity contribution is 7.92. The van der Waals surface area contributed by atoms with Gasteiger partial charge in [0.25, 0.3) is 10.0 Å². The van der Waals surface area contributed by atoms with Gasteiger partial charge in [-0.05, 0) is 79.7 Å². The molecule has 0 bridgehead atoms. The maximum absolute atomic E-state index is 14.5. The van der Waals surface area contributed by atoms with E-state index < -0.39 is 15.8 Å². The smallest absolute Gasteiger partial charge is 0.261 e. The van der Waals surface area contributed by atoms with Crippen LogP contribution in [0.2, 0.25) is 10.0 Å². The third kappa shape index (κ3) is 4.86. The van der Waals surface area contributed by atoms with E-state index in [2.05, 4.69) is 14.9 Å². The molecule has 11 heteroatoms. The van der Waals surface area contributed by atoms with Gasteiger partial charge in [-0.2, -0.15) is 0 Å². The average Bonchev–Trinajstić information content (AvgIpc) is 3.22. The summed E-state index contributed by atoms with van der Waals surface area (Å²) in [6, 6.07) is 18.2. The number of hydrogen-bond donors (Lipinski definition) is 1. The van der Waals surface area contributed by atoms with Gasteiger partial charge in [-0.3, -0.25) is 9.12 Å². The average molecular weight is 543 g/mol. The molecule has 0 fully saturated rings. The molecule has 3 aromatic carbocycles. The summed E-state index contributed by atoms with van der Waals surface area (Å²) in [6.07, 6.45) is 1.79. The normalized spacial score (nSPS) is 11.6. The molecule has 2 heterocycles. The van der Waals surface area contributed by atoms with E-state index in [1.165, 1.54) is 42.5 Å². The van der Waals surface area contributed by atoms with Crippen LogP contribution in [0.5, 0.6) is 11.5 Å². The fraction of sp³-hybridized carbons (Fsp3) is 0.0400. The van der Waals surface area contributed by atoms with Crippen LogP contribution in [0.25, 0.3) is 16.8 Å². The molecular weight excluding hydrogens is 526 g/mol. The van der Waals surface area contributed by atoms with Gasteiger partial charge >= 0.3 is 0 Å². The zero-order valence-electron chi connectivity index (χ0n) is 18.6. The number of halogens is 3. The molecule has 36 heavy (non-hydrogen) atoms. The molecule has 0 unspecified atom stereocenters. The highest BCUT2D eigenvalue weighted by Crippen LogP contribution is 2.37. The number of pyridine rings is 1. The van der Waals surface area contributed by atoms with E-state index in [1.54, 1.807) is 41.8 Å². The number of aryl methyl sites for hydroxylation is 1. The fourth-order valence-electron chi connectivity index (χ4n) is 3.58. The van der Waals surface area contributed by atoms with Gasteiger partial charge in [0, 0.05) is 33.1 Å². The van der Waals surface area contributed by atoms with Gasteiger partial charge in [0.1, 0.15) is 11.6 Å². The van der Waals surface area contributed by atoms with Gasteiger partial charge < -0.3 is 4.74 Å². The Kier molecular flexibility index (Phi) is 6.29. The van der Waals surface area contributed by atoms with Gasteiger partial charge in [0.2, 0.25) is 0 Å². The van der Waals surface area contributed by atoms with E-state index in [4.69, 9.17) is 27.9 Å². The van der Waals surface area contributed by atoms with Crippen molar-refractivity contribution in [1.29, 1.82) is 0 Å². The molecule has 0 atom stereocenters. The molecule has 0 amide bonds. The van der Waals surface area contributed by atoms with Crippen LogP contribution in [-0.4, -0.2) is 23.0 Å². The molecule has 7 nitrogen and oxygen atoms in total. The number of benzene rings is 3. The number of anilines is 1. The van der Waals surface area contributed by atoms with Gasteiger partial charge in [-0.1, -0.05) is 23.2 Å². The summed E-state index contributed by atoms with van der Waals surface area (Å²) in [6.45, 7) is 1.81. The van der Waals surface area contributed by atoms with E-state index in [1.807, 2.05) is 0 Å². The zero-order valence-corrected chi connectivity index (χ0v) is 20.9. The second-order valence-corrected chi connectivity index (χ2v) is 10.4. The molecule has 1 N–H and O–H groups in total. The van der Waals surface area contributed by atoms with E-state index in [9.17, 15) is 12.8 Å². The van der Waals surface area contributed by atoms with Crippen LogP contribution >= 0.6 is 23.2 Å². The van der Waals surface area contributed by atoms with E-state index in [0.717, 1.165) is 6.07 Å².